The normalized spacial score (nSPS) is 22.6. The average molecular weight is 292 g/mol. The second-order valence-electron chi connectivity index (χ2n) is 6.22. The maximum absolute atomic E-state index is 3.65. The van der Waals surface area contributed by atoms with Crippen LogP contribution < -0.4 is 5.32 Å². The van der Waals surface area contributed by atoms with E-state index < -0.39 is 0 Å². The fraction of sp³-hybridized carbons (Fsp3) is 0.667. The van der Waals surface area contributed by atoms with Crippen LogP contribution in [0.25, 0.3) is 0 Å². The fourth-order valence-corrected chi connectivity index (χ4v) is 4.18. The van der Waals surface area contributed by atoms with Gasteiger partial charge in [-0.3, -0.25) is 0 Å². The Morgan fingerprint density at radius 3 is 2.60 bits per heavy atom. The summed E-state index contributed by atoms with van der Waals surface area (Å²) in [5.41, 5.74) is 1.44. The Kier molecular flexibility index (Phi) is 6.44. The van der Waals surface area contributed by atoms with Gasteiger partial charge in [0.2, 0.25) is 0 Å². The summed E-state index contributed by atoms with van der Waals surface area (Å²) in [6, 6.07) is 9.92. The zero-order valence-corrected chi connectivity index (χ0v) is 14.0. The van der Waals surface area contributed by atoms with Crippen LogP contribution in [0, 0.1) is 5.92 Å². The second kappa shape index (κ2) is 8.09. The smallest absolute Gasteiger partial charge is 0.00955 e. The predicted octanol–water partition coefficient (Wildman–Crippen LogP) is 5.07. The van der Waals surface area contributed by atoms with Gasteiger partial charge < -0.3 is 5.32 Å². The molecular weight excluding hydrogens is 262 g/mol. The number of hydrogen-bond acceptors (Lipinski definition) is 2. The molecule has 112 valence electrons. The van der Waals surface area contributed by atoms with Crippen molar-refractivity contribution in [3.8, 4) is 0 Å². The molecule has 0 spiro atoms. The van der Waals surface area contributed by atoms with Gasteiger partial charge in [0, 0.05) is 10.9 Å². The van der Waals surface area contributed by atoms with Crippen molar-refractivity contribution in [1.82, 2.24) is 5.32 Å². The van der Waals surface area contributed by atoms with Crippen molar-refractivity contribution < 1.29 is 0 Å². The van der Waals surface area contributed by atoms with Crippen LogP contribution in [0.2, 0.25) is 0 Å². The molecule has 2 atom stereocenters. The molecule has 0 aliphatic heterocycles. The van der Waals surface area contributed by atoms with E-state index in [0.29, 0.717) is 5.92 Å². The van der Waals surface area contributed by atoms with Crippen molar-refractivity contribution in [3.63, 3.8) is 0 Å². The lowest BCUT2D eigenvalue weighted by molar-refractivity contribution is 0.400. The van der Waals surface area contributed by atoms with E-state index in [-0.39, 0.29) is 0 Å². The Morgan fingerprint density at radius 1 is 1.20 bits per heavy atom. The number of hydrogen-bond donors (Lipinski definition) is 1. The van der Waals surface area contributed by atoms with Crippen molar-refractivity contribution in [1.29, 1.82) is 0 Å². The molecule has 1 aliphatic carbocycles. The highest BCUT2D eigenvalue weighted by Crippen LogP contribution is 2.31. The molecule has 1 aromatic carbocycles. The molecule has 20 heavy (non-hydrogen) atoms. The first-order valence-corrected chi connectivity index (χ1v) is 9.15. The monoisotopic (exact) mass is 291 g/mol. The molecule has 0 bridgehead atoms. The summed E-state index contributed by atoms with van der Waals surface area (Å²) in [5, 5.41) is 3.65. The van der Waals surface area contributed by atoms with Crippen LogP contribution in [-0.2, 0) is 0 Å². The quantitative estimate of drug-likeness (QED) is 0.704. The molecule has 1 fully saturated rings. The molecule has 0 aromatic heterocycles. The highest BCUT2D eigenvalue weighted by Gasteiger charge is 2.25. The van der Waals surface area contributed by atoms with E-state index in [2.05, 4.69) is 50.4 Å². The molecule has 2 rings (SSSR count). The van der Waals surface area contributed by atoms with Crippen LogP contribution in [0.4, 0.5) is 0 Å². The van der Waals surface area contributed by atoms with Crippen LogP contribution in [0.3, 0.4) is 0 Å². The predicted molar refractivity (Wildman–Crippen MR) is 90.7 cm³/mol. The summed E-state index contributed by atoms with van der Waals surface area (Å²) in [4.78, 5) is 1.42. The summed E-state index contributed by atoms with van der Waals surface area (Å²) in [6.07, 6.45) is 5.57. The van der Waals surface area contributed by atoms with Crippen LogP contribution in [-0.4, -0.2) is 18.3 Å². The topological polar surface area (TPSA) is 12.0 Å². The zero-order chi connectivity index (χ0) is 14.4. The number of benzene rings is 1. The first kappa shape index (κ1) is 15.9. The van der Waals surface area contributed by atoms with Gasteiger partial charge in [-0.1, -0.05) is 39.3 Å². The standard InChI is InChI=1S/C18H29NS/c1-4-19-18-7-5-6-16(18)12-13-20-17-10-8-15(9-11-17)14(2)3/h8-11,14,16,18-19H,4-7,12-13H2,1-3H3. The highest BCUT2D eigenvalue weighted by atomic mass is 32.2. The van der Waals surface area contributed by atoms with Gasteiger partial charge in [0.15, 0.2) is 0 Å². The molecule has 0 amide bonds. The summed E-state index contributed by atoms with van der Waals surface area (Å²) < 4.78 is 0. The number of rotatable bonds is 7. The van der Waals surface area contributed by atoms with Gasteiger partial charge >= 0.3 is 0 Å². The second-order valence-corrected chi connectivity index (χ2v) is 7.38. The molecule has 1 N–H and O–H groups in total. The molecule has 0 radical (unpaired) electrons. The van der Waals surface area contributed by atoms with Gasteiger partial charge in [-0.2, -0.15) is 0 Å². The molecule has 1 nitrogen and oxygen atoms in total. The third-order valence-corrected chi connectivity index (χ3v) is 5.47. The summed E-state index contributed by atoms with van der Waals surface area (Å²) in [6.45, 7) is 7.84. The first-order valence-electron chi connectivity index (χ1n) is 8.16. The zero-order valence-electron chi connectivity index (χ0n) is 13.2. The van der Waals surface area contributed by atoms with Crippen molar-refractivity contribution >= 4 is 11.8 Å². The maximum atomic E-state index is 3.65. The Labute approximate surface area is 128 Å². The number of thioether (sulfide) groups is 1. The molecule has 2 unspecified atom stereocenters. The third kappa shape index (κ3) is 4.53. The summed E-state index contributed by atoms with van der Waals surface area (Å²) in [7, 11) is 0. The van der Waals surface area contributed by atoms with Gasteiger partial charge in [-0.15, -0.1) is 11.8 Å². The van der Waals surface area contributed by atoms with Gasteiger partial charge in [-0.25, -0.2) is 0 Å². The molecule has 0 heterocycles. The Hall–Kier alpha value is -0.470. The van der Waals surface area contributed by atoms with Gasteiger partial charge in [-0.05, 0) is 61.1 Å². The van der Waals surface area contributed by atoms with Gasteiger partial charge in [0.1, 0.15) is 0 Å². The lowest BCUT2D eigenvalue weighted by atomic mass is 10.0. The maximum Gasteiger partial charge on any atom is 0.00955 e. The molecule has 0 saturated heterocycles. The molecule has 1 aliphatic rings. The molecule has 1 saturated carbocycles. The Balaban J connectivity index is 1.75. The minimum Gasteiger partial charge on any atom is -0.314 e. The number of nitrogens with one attached hydrogen (secondary N) is 1. The molecular formula is C18H29NS. The Morgan fingerprint density at radius 2 is 1.95 bits per heavy atom. The van der Waals surface area contributed by atoms with E-state index in [9.17, 15) is 0 Å². The largest absolute Gasteiger partial charge is 0.314 e. The summed E-state index contributed by atoms with van der Waals surface area (Å²) >= 11 is 2.02. The fourth-order valence-electron chi connectivity index (χ4n) is 3.19. The molecule has 1 aromatic rings. The summed E-state index contributed by atoms with van der Waals surface area (Å²) in [5.74, 6) is 2.79. The van der Waals surface area contributed by atoms with Crippen LogP contribution in [0.1, 0.15) is 57.9 Å². The SMILES string of the molecule is CCNC1CCCC1CCSc1ccc(C(C)C)cc1. The van der Waals surface area contributed by atoms with Crippen molar-refractivity contribution in [3.05, 3.63) is 29.8 Å². The van der Waals surface area contributed by atoms with E-state index in [1.165, 1.54) is 41.9 Å². The lowest BCUT2D eigenvalue weighted by Crippen LogP contribution is -2.32. The van der Waals surface area contributed by atoms with E-state index in [4.69, 9.17) is 0 Å². The highest BCUT2D eigenvalue weighted by molar-refractivity contribution is 7.99. The van der Waals surface area contributed by atoms with E-state index in [1.807, 2.05) is 11.8 Å². The van der Waals surface area contributed by atoms with Crippen LogP contribution in [0.15, 0.2) is 29.2 Å². The minimum absolute atomic E-state index is 0.633. The van der Waals surface area contributed by atoms with E-state index >= 15 is 0 Å². The van der Waals surface area contributed by atoms with Gasteiger partial charge in [0.25, 0.3) is 0 Å². The average Bonchev–Trinajstić information content (AvgIpc) is 2.87. The van der Waals surface area contributed by atoms with Crippen LogP contribution >= 0.6 is 11.8 Å². The first-order chi connectivity index (χ1) is 9.70. The van der Waals surface area contributed by atoms with Crippen molar-refractivity contribution in [2.24, 2.45) is 5.92 Å². The lowest BCUT2D eigenvalue weighted by Gasteiger charge is -2.20. The van der Waals surface area contributed by atoms with Gasteiger partial charge in [0.05, 0.1) is 0 Å². The van der Waals surface area contributed by atoms with Crippen LogP contribution in [0.5, 0.6) is 0 Å². The molecule has 2 heteroatoms. The van der Waals surface area contributed by atoms with E-state index in [0.717, 1.165) is 18.5 Å². The van der Waals surface area contributed by atoms with E-state index in [1.54, 1.807) is 0 Å². The minimum atomic E-state index is 0.633. The van der Waals surface area contributed by atoms with Crippen molar-refractivity contribution in [2.75, 3.05) is 12.3 Å². The Bertz CT molecular complexity index is 385. The van der Waals surface area contributed by atoms with Crippen molar-refractivity contribution in [2.45, 2.75) is 63.3 Å². The third-order valence-electron chi connectivity index (χ3n) is 4.43.